The van der Waals surface area contributed by atoms with Crippen LogP contribution in [0.1, 0.15) is 15.9 Å². The molecule has 0 fully saturated rings. The molecule has 2 aromatic carbocycles. The molecule has 4 heteroatoms. The number of carbonyl (C=O) groups is 1. The highest BCUT2D eigenvalue weighted by Crippen LogP contribution is 2.19. The lowest BCUT2D eigenvalue weighted by Gasteiger charge is -2.06. The molecule has 0 radical (unpaired) electrons. The number of carbonyl (C=O) groups excluding carboxylic acids is 1. The van der Waals surface area contributed by atoms with Crippen molar-refractivity contribution >= 4 is 17.5 Å². The summed E-state index contributed by atoms with van der Waals surface area (Å²) < 4.78 is 0. The number of phenolic OH excluding ortho intramolecular Hbond substituents is 1. The number of amides is 1. The minimum absolute atomic E-state index is 0.0893. The third-order valence-corrected chi connectivity index (χ3v) is 2.65. The number of hydrogen-bond donors (Lipinski definition) is 2. The molecule has 0 bridgehead atoms. The zero-order valence-electron chi connectivity index (χ0n) is 9.56. The van der Waals surface area contributed by atoms with Crippen molar-refractivity contribution in [3.63, 3.8) is 0 Å². The number of phenols is 1. The van der Waals surface area contributed by atoms with E-state index < -0.39 is 0 Å². The van der Waals surface area contributed by atoms with Crippen molar-refractivity contribution in [1.82, 2.24) is 5.32 Å². The van der Waals surface area contributed by atoms with E-state index in [0.29, 0.717) is 17.1 Å². The third-order valence-electron chi connectivity index (χ3n) is 2.43. The van der Waals surface area contributed by atoms with E-state index in [-0.39, 0.29) is 11.7 Å². The average Bonchev–Trinajstić information content (AvgIpc) is 2.36. The Hall–Kier alpha value is -2.00. The van der Waals surface area contributed by atoms with Crippen LogP contribution in [0.5, 0.6) is 5.75 Å². The number of hydrogen-bond acceptors (Lipinski definition) is 2. The third kappa shape index (κ3) is 3.25. The molecule has 3 nitrogen and oxygen atoms in total. The second kappa shape index (κ2) is 5.56. The van der Waals surface area contributed by atoms with Crippen LogP contribution in [0.4, 0.5) is 0 Å². The first kappa shape index (κ1) is 12.5. The molecule has 18 heavy (non-hydrogen) atoms. The van der Waals surface area contributed by atoms with Crippen LogP contribution in [0.25, 0.3) is 0 Å². The lowest BCUT2D eigenvalue weighted by atomic mass is 10.2. The van der Waals surface area contributed by atoms with Gasteiger partial charge in [0, 0.05) is 17.1 Å². The summed E-state index contributed by atoms with van der Waals surface area (Å²) in [5.41, 5.74) is 1.35. The van der Waals surface area contributed by atoms with Gasteiger partial charge in [0.2, 0.25) is 0 Å². The Morgan fingerprint density at radius 3 is 2.56 bits per heavy atom. The number of halogens is 1. The molecule has 0 atom stereocenters. The van der Waals surface area contributed by atoms with E-state index in [1.807, 2.05) is 6.07 Å². The van der Waals surface area contributed by atoms with Gasteiger partial charge in [0.05, 0.1) is 0 Å². The minimum atomic E-state index is -0.157. The predicted molar refractivity (Wildman–Crippen MR) is 70.7 cm³/mol. The molecule has 2 rings (SSSR count). The van der Waals surface area contributed by atoms with Crippen LogP contribution < -0.4 is 5.32 Å². The quantitative estimate of drug-likeness (QED) is 0.892. The van der Waals surface area contributed by atoms with Gasteiger partial charge in [-0.05, 0) is 35.9 Å². The molecular formula is C14H12ClNO2. The molecule has 0 aliphatic rings. The van der Waals surface area contributed by atoms with Crippen LogP contribution in [0, 0.1) is 0 Å². The summed E-state index contributed by atoms with van der Waals surface area (Å²) in [6.45, 7) is 0.321. The summed E-state index contributed by atoms with van der Waals surface area (Å²) in [4.78, 5) is 11.8. The van der Waals surface area contributed by atoms with Gasteiger partial charge in [0.1, 0.15) is 5.75 Å². The Labute approximate surface area is 110 Å². The number of benzene rings is 2. The van der Waals surface area contributed by atoms with Gasteiger partial charge in [-0.25, -0.2) is 0 Å². The normalized spacial score (nSPS) is 10.1. The van der Waals surface area contributed by atoms with E-state index in [0.717, 1.165) is 5.56 Å². The van der Waals surface area contributed by atoms with E-state index in [1.54, 1.807) is 36.4 Å². The minimum Gasteiger partial charge on any atom is -0.508 e. The molecule has 0 aliphatic carbocycles. The van der Waals surface area contributed by atoms with Crippen molar-refractivity contribution in [1.29, 1.82) is 0 Å². The van der Waals surface area contributed by atoms with Crippen molar-refractivity contribution in [3.05, 3.63) is 64.7 Å². The van der Waals surface area contributed by atoms with Gasteiger partial charge in [-0.1, -0.05) is 29.8 Å². The number of rotatable bonds is 3. The van der Waals surface area contributed by atoms with Crippen LogP contribution in [0.2, 0.25) is 5.02 Å². The predicted octanol–water partition coefficient (Wildman–Crippen LogP) is 2.98. The molecule has 0 unspecified atom stereocenters. The maximum atomic E-state index is 11.8. The van der Waals surface area contributed by atoms with Gasteiger partial charge < -0.3 is 10.4 Å². The SMILES string of the molecule is O=C(NCc1cc(O)cc(Cl)c1)c1ccccc1. The van der Waals surface area contributed by atoms with Crippen LogP contribution in [-0.2, 0) is 6.54 Å². The smallest absolute Gasteiger partial charge is 0.251 e. The summed E-state index contributed by atoms with van der Waals surface area (Å²) in [5.74, 6) is -0.0680. The van der Waals surface area contributed by atoms with Crippen molar-refractivity contribution in [3.8, 4) is 5.75 Å². The Morgan fingerprint density at radius 2 is 1.89 bits per heavy atom. The van der Waals surface area contributed by atoms with Gasteiger partial charge in [-0.2, -0.15) is 0 Å². The number of aromatic hydroxyl groups is 1. The summed E-state index contributed by atoms with van der Waals surface area (Å²) >= 11 is 5.81. The maximum absolute atomic E-state index is 11.8. The van der Waals surface area contributed by atoms with Crippen LogP contribution in [0.15, 0.2) is 48.5 Å². The van der Waals surface area contributed by atoms with Gasteiger partial charge >= 0.3 is 0 Å². The van der Waals surface area contributed by atoms with Crippen molar-refractivity contribution in [2.24, 2.45) is 0 Å². The highest BCUT2D eigenvalue weighted by Gasteiger charge is 2.05. The van der Waals surface area contributed by atoms with E-state index >= 15 is 0 Å². The fourth-order valence-corrected chi connectivity index (χ4v) is 1.86. The molecule has 1 amide bonds. The monoisotopic (exact) mass is 261 g/mol. The van der Waals surface area contributed by atoms with Crippen LogP contribution >= 0.6 is 11.6 Å². The lowest BCUT2D eigenvalue weighted by molar-refractivity contribution is 0.0951. The topological polar surface area (TPSA) is 49.3 Å². The molecule has 0 saturated heterocycles. The van der Waals surface area contributed by atoms with Crippen molar-refractivity contribution in [2.45, 2.75) is 6.54 Å². The van der Waals surface area contributed by atoms with Crippen molar-refractivity contribution in [2.75, 3.05) is 0 Å². The largest absolute Gasteiger partial charge is 0.508 e. The van der Waals surface area contributed by atoms with Gasteiger partial charge in [-0.15, -0.1) is 0 Å². The van der Waals surface area contributed by atoms with E-state index in [1.165, 1.54) is 6.07 Å². The van der Waals surface area contributed by atoms with Gasteiger partial charge in [0.15, 0.2) is 0 Å². The lowest BCUT2D eigenvalue weighted by Crippen LogP contribution is -2.22. The Kier molecular flexibility index (Phi) is 3.85. The van der Waals surface area contributed by atoms with Gasteiger partial charge in [-0.3, -0.25) is 4.79 Å². The molecule has 0 spiro atoms. The molecule has 0 heterocycles. The Balaban J connectivity index is 2.02. The molecule has 0 saturated carbocycles. The summed E-state index contributed by atoms with van der Waals surface area (Å²) in [7, 11) is 0. The molecule has 0 aromatic heterocycles. The molecule has 0 aliphatic heterocycles. The fraction of sp³-hybridized carbons (Fsp3) is 0.0714. The molecular weight excluding hydrogens is 250 g/mol. The maximum Gasteiger partial charge on any atom is 0.251 e. The second-order valence-electron chi connectivity index (χ2n) is 3.87. The summed E-state index contributed by atoms with van der Waals surface area (Å²) in [6.07, 6.45) is 0. The first-order valence-electron chi connectivity index (χ1n) is 5.47. The number of nitrogens with one attached hydrogen (secondary N) is 1. The van der Waals surface area contributed by atoms with E-state index in [4.69, 9.17) is 11.6 Å². The molecule has 2 aromatic rings. The van der Waals surface area contributed by atoms with Crippen LogP contribution in [-0.4, -0.2) is 11.0 Å². The zero-order valence-corrected chi connectivity index (χ0v) is 10.3. The van der Waals surface area contributed by atoms with E-state index in [9.17, 15) is 9.90 Å². The summed E-state index contributed by atoms with van der Waals surface area (Å²) in [5, 5.41) is 12.6. The highest BCUT2D eigenvalue weighted by molar-refractivity contribution is 6.30. The first-order valence-corrected chi connectivity index (χ1v) is 5.84. The van der Waals surface area contributed by atoms with E-state index in [2.05, 4.69) is 5.32 Å². The fourth-order valence-electron chi connectivity index (χ4n) is 1.61. The van der Waals surface area contributed by atoms with Crippen molar-refractivity contribution < 1.29 is 9.90 Å². The Morgan fingerprint density at radius 1 is 1.17 bits per heavy atom. The second-order valence-corrected chi connectivity index (χ2v) is 4.30. The zero-order chi connectivity index (χ0) is 13.0. The average molecular weight is 262 g/mol. The molecule has 2 N–H and O–H groups in total. The summed E-state index contributed by atoms with van der Waals surface area (Å²) in [6, 6.07) is 13.7. The van der Waals surface area contributed by atoms with Gasteiger partial charge in [0.25, 0.3) is 5.91 Å². The standard InChI is InChI=1S/C14H12ClNO2/c15-12-6-10(7-13(17)8-12)9-16-14(18)11-4-2-1-3-5-11/h1-8,17H,9H2,(H,16,18). The first-order chi connectivity index (χ1) is 8.65. The van der Waals surface area contributed by atoms with Crippen LogP contribution in [0.3, 0.4) is 0 Å². The molecule has 92 valence electrons. The highest BCUT2D eigenvalue weighted by atomic mass is 35.5. The Bertz CT molecular complexity index is 535.